The lowest BCUT2D eigenvalue weighted by Gasteiger charge is -2.21. The van der Waals surface area contributed by atoms with E-state index in [1.807, 2.05) is 29.2 Å². The van der Waals surface area contributed by atoms with Gasteiger partial charge in [0.05, 0.1) is 0 Å². The zero-order chi connectivity index (χ0) is 12.3. The Kier molecular flexibility index (Phi) is 3.79. The molecule has 1 aromatic rings. The second-order valence-corrected chi connectivity index (χ2v) is 4.57. The van der Waals surface area contributed by atoms with E-state index in [0.29, 0.717) is 19.1 Å². The van der Waals surface area contributed by atoms with E-state index in [2.05, 4.69) is 6.92 Å². The molecule has 2 N–H and O–H groups in total. The molecule has 1 amide bonds. The monoisotopic (exact) mass is 232 g/mol. The number of carbonyl (C=O) groups excluding carboxylic acids is 1. The van der Waals surface area contributed by atoms with Gasteiger partial charge in [0.2, 0.25) is 0 Å². The number of rotatable bonds is 5. The van der Waals surface area contributed by atoms with Gasteiger partial charge in [-0.25, -0.2) is 0 Å². The number of aryl methyl sites for hydroxylation is 1. The van der Waals surface area contributed by atoms with Crippen molar-refractivity contribution in [1.82, 2.24) is 4.90 Å². The Bertz CT molecular complexity index is 382. The standard InChI is InChI=1S/C14H20N2O/c1-2-11-3-5-12(6-4-11)14(17)16(10-9-15)13-7-8-13/h3-6,13H,2,7-10,15H2,1H3. The molecule has 1 fully saturated rings. The summed E-state index contributed by atoms with van der Waals surface area (Å²) >= 11 is 0. The maximum atomic E-state index is 12.3. The predicted molar refractivity (Wildman–Crippen MR) is 68.9 cm³/mol. The van der Waals surface area contributed by atoms with Gasteiger partial charge in [-0.3, -0.25) is 4.79 Å². The highest BCUT2D eigenvalue weighted by molar-refractivity contribution is 5.94. The van der Waals surface area contributed by atoms with E-state index in [4.69, 9.17) is 5.73 Å². The van der Waals surface area contributed by atoms with Gasteiger partial charge in [0.25, 0.3) is 5.91 Å². The molecule has 0 bridgehead atoms. The van der Waals surface area contributed by atoms with Crippen molar-refractivity contribution in [3.05, 3.63) is 35.4 Å². The quantitative estimate of drug-likeness (QED) is 0.841. The maximum Gasteiger partial charge on any atom is 0.254 e. The maximum absolute atomic E-state index is 12.3. The lowest BCUT2D eigenvalue weighted by molar-refractivity contribution is 0.0748. The molecule has 0 spiro atoms. The third kappa shape index (κ3) is 2.86. The zero-order valence-electron chi connectivity index (χ0n) is 10.4. The predicted octanol–water partition coefficient (Wildman–Crippen LogP) is 1.81. The number of benzene rings is 1. The highest BCUT2D eigenvalue weighted by atomic mass is 16.2. The average molecular weight is 232 g/mol. The van der Waals surface area contributed by atoms with Crippen LogP contribution in [0.1, 0.15) is 35.7 Å². The summed E-state index contributed by atoms with van der Waals surface area (Å²) in [4.78, 5) is 14.2. The fourth-order valence-electron chi connectivity index (χ4n) is 2.02. The largest absolute Gasteiger partial charge is 0.334 e. The van der Waals surface area contributed by atoms with Crippen molar-refractivity contribution in [3.8, 4) is 0 Å². The van der Waals surface area contributed by atoms with Gasteiger partial charge in [0, 0.05) is 24.7 Å². The summed E-state index contributed by atoms with van der Waals surface area (Å²) in [5.41, 5.74) is 7.61. The van der Waals surface area contributed by atoms with Crippen LogP contribution >= 0.6 is 0 Å². The van der Waals surface area contributed by atoms with Crippen LogP contribution < -0.4 is 5.73 Å². The van der Waals surface area contributed by atoms with Crippen LogP contribution in [-0.4, -0.2) is 29.9 Å². The SMILES string of the molecule is CCc1ccc(C(=O)N(CCN)C2CC2)cc1. The van der Waals surface area contributed by atoms with E-state index in [0.717, 1.165) is 24.8 Å². The van der Waals surface area contributed by atoms with Crippen LogP contribution in [-0.2, 0) is 6.42 Å². The number of hydrogen-bond donors (Lipinski definition) is 1. The molecule has 0 saturated heterocycles. The summed E-state index contributed by atoms with van der Waals surface area (Å²) in [5.74, 6) is 0.126. The molecule has 0 radical (unpaired) electrons. The number of carbonyl (C=O) groups is 1. The van der Waals surface area contributed by atoms with E-state index in [1.54, 1.807) is 0 Å². The summed E-state index contributed by atoms with van der Waals surface area (Å²) in [5, 5.41) is 0. The summed E-state index contributed by atoms with van der Waals surface area (Å²) in [6.45, 7) is 3.32. The Morgan fingerprint density at radius 1 is 1.35 bits per heavy atom. The van der Waals surface area contributed by atoms with Gasteiger partial charge in [-0.15, -0.1) is 0 Å². The van der Waals surface area contributed by atoms with Gasteiger partial charge in [-0.05, 0) is 37.0 Å². The molecular weight excluding hydrogens is 212 g/mol. The molecule has 0 aromatic heterocycles. The van der Waals surface area contributed by atoms with Crippen LogP contribution in [0.5, 0.6) is 0 Å². The van der Waals surface area contributed by atoms with E-state index < -0.39 is 0 Å². The lowest BCUT2D eigenvalue weighted by atomic mass is 10.1. The van der Waals surface area contributed by atoms with E-state index in [1.165, 1.54) is 5.56 Å². The second kappa shape index (κ2) is 5.32. The number of amides is 1. The molecule has 1 saturated carbocycles. The first-order valence-corrected chi connectivity index (χ1v) is 6.36. The first-order chi connectivity index (χ1) is 8.26. The normalized spacial score (nSPS) is 14.7. The van der Waals surface area contributed by atoms with Crippen molar-refractivity contribution in [2.45, 2.75) is 32.2 Å². The highest BCUT2D eigenvalue weighted by Gasteiger charge is 2.32. The van der Waals surface area contributed by atoms with Gasteiger partial charge < -0.3 is 10.6 Å². The third-order valence-corrected chi connectivity index (χ3v) is 3.23. The van der Waals surface area contributed by atoms with Crippen molar-refractivity contribution in [1.29, 1.82) is 0 Å². The molecule has 0 unspecified atom stereocenters. The Labute approximate surface area is 103 Å². The van der Waals surface area contributed by atoms with Crippen LogP contribution in [0.3, 0.4) is 0 Å². The van der Waals surface area contributed by atoms with Crippen LogP contribution in [0, 0.1) is 0 Å². The summed E-state index contributed by atoms with van der Waals surface area (Å²) < 4.78 is 0. The number of nitrogens with two attached hydrogens (primary N) is 1. The molecule has 17 heavy (non-hydrogen) atoms. The van der Waals surface area contributed by atoms with Crippen LogP contribution in [0.2, 0.25) is 0 Å². The molecule has 2 rings (SSSR count). The molecule has 0 heterocycles. The third-order valence-electron chi connectivity index (χ3n) is 3.23. The second-order valence-electron chi connectivity index (χ2n) is 4.57. The first kappa shape index (κ1) is 12.1. The fraction of sp³-hybridized carbons (Fsp3) is 0.500. The van der Waals surface area contributed by atoms with Gasteiger partial charge in [0.15, 0.2) is 0 Å². The smallest absolute Gasteiger partial charge is 0.254 e. The Hall–Kier alpha value is -1.35. The minimum atomic E-state index is 0.126. The van der Waals surface area contributed by atoms with E-state index >= 15 is 0 Å². The number of nitrogens with zero attached hydrogens (tertiary/aromatic N) is 1. The molecule has 1 aromatic carbocycles. The van der Waals surface area contributed by atoms with Crippen molar-refractivity contribution >= 4 is 5.91 Å². The van der Waals surface area contributed by atoms with Crippen LogP contribution in [0.15, 0.2) is 24.3 Å². The van der Waals surface area contributed by atoms with Crippen LogP contribution in [0.4, 0.5) is 0 Å². The average Bonchev–Trinajstić information content (AvgIpc) is 3.19. The minimum absolute atomic E-state index is 0.126. The van der Waals surface area contributed by atoms with Crippen molar-refractivity contribution in [2.75, 3.05) is 13.1 Å². The molecule has 0 aliphatic heterocycles. The molecule has 1 aliphatic carbocycles. The molecule has 0 atom stereocenters. The molecule has 3 heteroatoms. The van der Waals surface area contributed by atoms with Gasteiger partial charge >= 0.3 is 0 Å². The lowest BCUT2D eigenvalue weighted by Crippen LogP contribution is -2.37. The van der Waals surface area contributed by atoms with Crippen molar-refractivity contribution in [3.63, 3.8) is 0 Å². The fourth-order valence-corrected chi connectivity index (χ4v) is 2.02. The van der Waals surface area contributed by atoms with Gasteiger partial charge in [0.1, 0.15) is 0 Å². The van der Waals surface area contributed by atoms with E-state index in [-0.39, 0.29) is 5.91 Å². The van der Waals surface area contributed by atoms with E-state index in [9.17, 15) is 4.79 Å². The van der Waals surface area contributed by atoms with Crippen molar-refractivity contribution in [2.24, 2.45) is 5.73 Å². The minimum Gasteiger partial charge on any atom is -0.334 e. The first-order valence-electron chi connectivity index (χ1n) is 6.36. The van der Waals surface area contributed by atoms with Gasteiger partial charge in [-0.1, -0.05) is 19.1 Å². The molecule has 1 aliphatic rings. The van der Waals surface area contributed by atoms with Crippen molar-refractivity contribution < 1.29 is 4.79 Å². The molecule has 92 valence electrons. The Morgan fingerprint density at radius 2 is 2.00 bits per heavy atom. The highest BCUT2D eigenvalue weighted by Crippen LogP contribution is 2.27. The zero-order valence-corrected chi connectivity index (χ0v) is 10.4. The summed E-state index contributed by atoms with van der Waals surface area (Å²) in [6.07, 6.45) is 3.25. The number of hydrogen-bond acceptors (Lipinski definition) is 2. The van der Waals surface area contributed by atoms with Gasteiger partial charge in [-0.2, -0.15) is 0 Å². The topological polar surface area (TPSA) is 46.3 Å². The summed E-state index contributed by atoms with van der Waals surface area (Å²) in [7, 11) is 0. The molecule has 3 nitrogen and oxygen atoms in total. The molecular formula is C14H20N2O. The van der Waals surface area contributed by atoms with Crippen LogP contribution in [0.25, 0.3) is 0 Å². The Balaban J connectivity index is 2.10. The Morgan fingerprint density at radius 3 is 2.47 bits per heavy atom. The summed E-state index contributed by atoms with van der Waals surface area (Å²) in [6, 6.07) is 8.33.